The lowest BCUT2D eigenvalue weighted by atomic mass is 9.90. The van der Waals surface area contributed by atoms with Gasteiger partial charge in [-0.25, -0.2) is 5.01 Å². The molecule has 7 nitrogen and oxygen atoms in total. The Morgan fingerprint density at radius 1 is 1.48 bits per heavy atom. The minimum Gasteiger partial charge on any atom is -0.391 e. The smallest absolute Gasteiger partial charge is 0.276 e. The molecule has 2 N–H and O–H groups in total. The van der Waals surface area contributed by atoms with Crippen LogP contribution in [0.25, 0.3) is 0 Å². The number of amides is 1. The van der Waals surface area contributed by atoms with E-state index in [1.165, 1.54) is 7.05 Å². The van der Waals surface area contributed by atoms with Gasteiger partial charge in [0.1, 0.15) is 6.61 Å². The summed E-state index contributed by atoms with van der Waals surface area (Å²) >= 11 is 0. The summed E-state index contributed by atoms with van der Waals surface area (Å²) in [6.07, 6.45) is 0. The first-order valence-electron chi connectivity index (χ1n) is 6.48. The second kappa shape index (κ2) is 6.02. The van der Waals surface area contributed by atoms with Gasteiger partial charge in [-0.3, -0.25) is 4.79 Å². The van der Waals surface area contributed by atoms with Gasteiger partial charge in [-0.2, -0.15) is 10.6 Å². The minimum atomic E-state index is -1.45. The second-order valence-corrected chi connectivity index (χ2v) is 4.81. The molecule has 0 saturated heterocycles. The summed E-state index contributed by atoms with van der Waals surface area (Å²) in [5.74, 6) is -0.410. The molecule has 1 amide bonds. The van der Waals surface area contributed by atoms with Crippen molar-refractivity contribution in [2.24, 2.45) is 10.3 Å². The van der Waals surface area contributed by atoms with Crippen LogP contribution in [-0.2, 0) is 16.2 Å². The molecule has 2 rings (SSSR count). The van der Waals surface area contributed by atoms with Gasteiger partial charge >= 0.3 is 0 Å². The zero-order chi connectivity index (χ0) is 15.5. The Balaban J connectivity index is 2.14. The first kappa shape index (κ1) is 15.1. The minimum absolute atomic E-state index is 0.278. The maximum Gasteiger partial charge on any atom is 0.276 e. The van der Waals surface area contributed by atoms with Crippen LogP contribution in [-0.4, -0.2) is 40.1 Å². The third kappa shape index (κ3) is 2.65. The van der Waals surface area contributed by atoms with Crippen molar-refractivity contribution in [3.63, 3.8) is 0 Å². The predicted octanol–water partition coefficient (Wildman–Crippen LogP) is 1.14. The van der Waals surface area contributed by atoms with Crippen molar-refractivity contribution in [3.05, 3.63) is 35.9 Å². The maximum absolute atomic E-state index is 12.2. The van der Waals surface area contributed by atoms with Crippen LogP contribution in [0, 0.1) is 0 Å². The molecule has 1 aromatic carbocycles. The first-order valence-corrected chi connectivity index (χ1v) is 6.48. The van der Waals surface area contributed by atoms with Crippen LogP contribution >= 0.6 is 0 Å². The van der Waals surface area contributed by atoms with Gasteiger partial charge in [-0.05, 0) is 19.4 Å². The van der Waals surface area contributed by atoms with E-state index >= 15 is 0 Å². The second-order valence-electron chi connectivity index (χ2n) is 4.81. The molecule has 7 heteroatoms. The molecule has 0 aliphatic carbocycles. The van der Waals surface area contributed by atoms with Gasteiger partial charge in [0, 0.05) is 7.05 Å². The summed E-state index contributed by atoms with van der Waals surface area (Å²) in [6, 6.07) is 9.53. The Morgan fingerprint density at radius 2 is 2.14 bits per heavy atom. The molecular formula is C14H18N4O3. The maximum atomic E-state index is 12.2. The summed E-state index contributed by atoms with van der Waals surface area (Å²) < 4.78 is 0. The van der Waals surface area contributed by atoms with Crippen LogP contribution in [0.5, 0.6) is 0 Å². The highest BCUT2D eigenvalue weighted by molar-refractivity contribution is 6.32. The Bertz CT molecular complexity index is 585. The molecule has 0 bridgehead atoms. The van der Waals surface area contributed by atoms with E-state index < -0.39 is 11.4 Å². The van der Waals surface area contributed by atoms with Crippen molar-refractivity contribution < 1.29 is 14.8 Å². The van der Waals surface area contributed by atoms with Gasteiger partial charge in [0.05, 0.1) is 11.4 Å². The van der Waals surface area contributed by atoms with E-state index in [1.54, 1.807) is 13.8 Å². The number of hydrogen-bond acceptors (Lipinski definition) is 6. The number of nitrogens with one attached hydrogen (secondary N) is 1. The van der Waals surface area contributed by atoms with E-state index in [1.807, 2.05) is 35.8 Å². The van der Waals surface area contributed by atoms with Crippen LogP contribution in [0.15, 0.2) is 40.6 Å². The first-order chi connectivity index (χ1) is 10.0. The molecule has 1 aromatic rings. The summed E-state index contributed by atoms with van der Waals surface area (Å²) in [7, 11) is 1.52. The van der Waals surface area contributed by atoms with E-state index in [4.69, 9.17) is 4.84 Å². The molecule has 0 radical (unpaired) electrons. The normalized spacial score (nSPS) is 22.5. The lowest BCUT2D eigenvalue weighted by Crippen LogP contribution is -2.60. The van der Waals surface area contributed by atoms with Gasteiger partial charge in [0.15, 0.2) is 0 Å². The fourth-order valence-corrected chi connectivity index (χ4v) is 2.22. The topological polar surface area (TPSA) is 86.5 Å². The molecule has 1 unspecified atom stereocenters. The quantitative estimate of drug-likeness (QED) is 0.629. The number of carbonyl (C=O) groups excluding carboxylic acids is 1. The summed E-state index contributed by atoms with van der Waals surface area (Å²) in [5, 5.41) is 18.6. The monoisotopic (exact) mass is 290 g/mol. The number of hydrazone groups is 1. The summed E-state index contributed by atoms with van der Waals surface area (Å²) in [5.41, 5.74) is 2.22. The standard InChI is InChI=1S/C14H18N4O3/c1-10-14(17-20,13(19)18(3)15-10)11(2)16-21-9-12-7-5-4-6-8-12/h4-8,17,20H,9H2,1-3H3. The van der Waals surface area contributed by atoms with E-state index in [9.17, 15) is 10.0 Å². The van der Waals surface area contributed by atoms with Crippen molar-refractivity contribution in [1.29, 1.82) is 0 Å². The van der Waals surface area contributed by atoms with Gasteiger partial charge in [0.2, 0.25) is 5.54 Å². The van der Waals surface area contributed by atoms with Crippen LogP contribution < -0.4 is 5.48 Å². The number of nitrogens with zero attached hydrogens (tertiary/aromatic N) is 3. The van der Waals surface area contributed by atoms with Crippen molar-refractivity contribution in [2.75, 3.05) is 7.05 Å². The Labute approximate surface area is 122 Å². The van der Waals surface area contributed by atoms with Gasteiger partial charge in [0.25, 0.3) is 5.91 Å². The lowest BCUT2D eigenvalue weighted by molar-refractivity contribution is -0.133. The number of carbonyl (C=O) groups is 1. The highest BCUT2D eigenvalue weighted by Crippen LogP contribution is 2.21. The third-order valence-electron chi connectivity index (χ3n) is 3.44. The Kier molecular flexibility index (Phi) is 4.35. The molecule has 0 saturated carbocycles. The number of hydrogen-bond donors (Lipinski definition) is 2. The van der Waals surface area contributed by atoms with Crippen molar-refractivity contribution in [3.8, 4) is 0 Å². The molecule has 0 spiro atoms. The van der Waals surface area contributed by atoms with Crippen LogP contribution in [0.3, 0.4) is 0 Å². The molecule has 112 valence electrons. The summed E-state index contributed by atoms with van der Waals surface area (Å²) in [4.78, 5) is 17.5. The fraction of sp³-hybridized carbons (Fsp3) is 0.357. The Morgan fingerprint density at radius 3 is 2.67 bits per heavy atom. The number of oxime groups is 1. The number of rotatable bonds is 5. The van der Waals surface area contributed by atoms with E-state index in [0.717, 1.165) is 10.6 Å². The average Bonchev–Trinajstić information content (AvgIpc) is 2.70. The SMILES string of the molecule is CC(=NOCc1ccccc1)C1(NO)C(=O)N(C)N=C1C. The number of likely N-dealkylation sites (N-methyl/N-ethyl adjacent to an activating group) is 1. The molecule has 0 fully saturated rings. The van der Waals surface area contributed by atoms with Crippen LogP contribution in [0.1, 0.15) is 19.4 Å². The lowest BCUT2D eigenvalue weighted by Gasteiger charge is -2.24. The third-order valence-corrected chi connectivity index (χ3v) is 3.44. The van der Waals surface area contributed by atoms with Crippen molar-refractivity contribution >= 4 is 17.3 Å². The molecule has 1 aliphatic heterocycles. The zero-order valence-electron chi connectivity index (χ0n) is 12.2. The van der Waals surface area contributed by atoms with Crippen molar-refractivity contribution in [2.45, 2.75) is 26.0 Å². The molecule has 1 aliphatic rings. The molecule has 21 heavy (non-hydrogen) atoms. The largest absolute Gasteiger partial charge is 0.391 e. The predicted molar refractivity (Wildman–Crippen MR) is 77.9 cm³/mol. The average molecular weight is 290 g/mol. The van der Waals surface area contributed by atoms with Gasteiger partial charge in [-0.1, -0.05) is 35.5 Å². The fourth-order valence-electron chi connectivity index (χ4n) is 2.22. The molecular weight excluding hydrogens is 272 g/mol. The molecule has 1 heterocycles. The molecule has 0 aromatic heterocycles. The molecule has 1 atom stereocenters. The Hall–Kier alpha value is -2.25. The van der Waals surface area contributed by atoms with Gasteiger partial charge in [-0.15, -0.1) is 0 Å². The number of hydroxylamine groups is 1. The van der Waals surface area contributed by atoms with E-state index in [0.29, 0.717) is 5.71 Å². The van der Waals surface area contributed by atoms with E-state index in [2.05, 4.69) is 10.3 Å². The van der Waals surface area contributed by atoms with E-state index in [-0.39, 0.29) is 12.3 Å². The highest BCUT2D eigenvalue weighted by Gasteiger charge is 2.51. The highest BCUT2D eigenvalue weighted by atomic mass is 16.6. The number of benzene rings is 1. The summed E-state index contributed by atoms with van der Waals surface area (Å²) in [6.45, 7) is 3.52. The van der Waals surface area contributed by atoms with Crippen LogP contribution in [0.4, 0.5) is 0 Å². The van der Waals surface area contributed by atoms with Crippen LogP contribution in [0.2, 0.25) is 0 Å². The zero-order valence-corrected chi connectivity index (χ0v) is 12.2. The van der Waals surface area contributed by atoms with Gasteiger partial charge < -0.3 is 10.0 Å². The van der Waals surface area contributed by atoms with Crippen molar-refractivity contribution in [1.82, 2.24) is 10.5 Å².